The molecule has 0 bridgehead atoms. The quantitative estimate of drug-likeness (QED) is 0.872. The minimum Gasteiger partial charge on any atom is -0.477 e. The number of rotatable bonds is 3. The summed E-state index contributed by atoms with van der Waals surface area (Å²) in [4.78, 5) is 22.4. The van der Waals surface area contributed by atoms with Gasteiger partial charge in [0.25, 0.3) is 0 Å². The number of aromatic carboxylic acids is 1. The normalized spacial score (nSPS) is 16.3. The average molecular weight is 235 g/mol. The van der Waals surface area contributed by atoms with Crippen LogP contribution in [0.5, 0.6) is 0 Å². The molecule has 4 nitrogen and oxygen atoms in total. The summed E-state index contributed by atoms with van der Waals surface area (Å²) in [6.07, 6.45) is 6.41. The van der Waals surface area contributed by atoms with E-state index in [1.165, 1.54) is 37.9 Å². The van der Waals surface area contributed by atoms with Crippen LogP contribution in [-0.4, -0.2) is 15.6 Å². The van der Waals surface area contributed by atoms with E-state index < -0.39 is 11.4 Å². The fourth-order valence-corrected chi connectivity index (χ4v) is 2.50. The van der Waals surface area contributed by atoms with Crippen molar-refractivity contribution in [3.63, 3.8) is 0 Å². The molecule has 0 unspecified atom stereocenters. The summed E-state index contributed by atoms with van der Waals surface area (Å²) < 4.78 is 1.90. The van der Waals surface area contributed by atoms with E-state index in [9.17, 15) is 9.59 Å². The molecule has 1 heterocycles. The van der Waals surface area contributed by atoms with Crippen molar-refractivity contribution in [3.05, 3.63) is 33.7 Å². The van der Waals surface area contributed by atoms with Crippen molar-refractivity contribution in [1.82, 2.24) is 4.57 Å². The van der Waals surface area contributed by atoms with Gasteiger partial charge in [-0.25, -0.2) is 4.79 Å². The van der Waals surface area contributed by atoms with E-state index in [0.29, 0.717) is 5.92 Å². The number of hydrogen-bond donors (Lipinski definition) is 1. The molecular weight excluding hydrogens is 218 g/mol. The molecule has 0 spiro atoms. The Bertz CT molecular complexity index is 484. The minimum atomic E-state index is -1.14. The van der Waals surface area contributed by atoms with Crippen LogP contribution in [0.3, 0.4) is 0 Å². The van der Waals surface area contributed by atoms with Gasteiger partial charge < -0.3 is 9.67 Å². The van der Waals surface area contributed by atoms with Crippen molar-refractivity contribution in [3.8, 4) is 0 Å². The number of carbonyl (C=O) groups is 1. The number of nitrogens with zero attached hydrogens (tertiary/aromatic N) is 1. The van der Waals surface area contributed by atoms with E-state index in [1.54, 1.807) is 0 Å². The van der Waals surface area contributed by atoms with Gasteiger partial charge in [0.2, 0.25) is 0 Å². The lowest BCUT2D eigenvalue weighted by Gasteiger charge is -2.15. The van der Waals surface area contributed by atoms with Gasteiger partial charge in [0.05, 0.1) is 0 Å². The average Bonchev–Trinajstić information content (AvgIpc) is 2.74. The fraction of sp³-hybridized carbons (Fsp3) is 0.538. The first kappa shape index (κ1) is 11.9. The third kappa shape index (κ3) is 2.57. The largest absolute Gasteiger partial charge is 0.477 e. The van der Waals surface area contributed by atoms with Crippen LogP contribution in [0.4, 0.5) is 0 Å². The molecular formula is C13H17NO3. The highest BCUT2D eigenvalue weighted by molar-refractivity contribution is 5.87. The maximum Gasteiger partial charge on any atom is 0.341 e. The first-order valence-electron chi connectivity index (χ1n) is 6.02. The second-order valence-corrected chi connectivity index (χ2v) is 4.80. The smallest absolute Gasteiger partial charge is 0.341 e. The Labute approximate surface area is 99.9 Å². The molecule has 17 heavy (non-hydrogen) atoms. The summed E-state index contributed by atoms with van der Waals surface area (Å²) in [5, 5.41) is 8.93. The fourth-order valence-electron chi connectivity index (χ4n) is 2.50. The zero-order chi connectivity index (χ0) is 12.4. The maximum atomic E-state index is 11.5. The molecule has 0 radical (unpaired) electrons. The number of carboxylic acids is 1. The van der Waals surface area contributed by atoms with Crippen LogP contribution in [-0.2, 0) is 6.54 Å². The topological polar surface area (TPSA) is 59.3 Å². The van der Waals surface area contributed by atoms with Gasteiger partial charge in [-0.05, 0) is 25.7 Å². The first-order chi connectivity index (χ1) is 8.08. The van der Waals surface area contributed by atoms with Crippen LogP contribution in [0.15, 0.2) is 17.1 Å². The molecule has 0 aromatic carbocycles. The predicted octanol–water partition coefficient (Wildman–Crippen LogP) is 2.05. The van der Waals surface area contributed by atoms with Crippen molar-refractivity contribution >= 4 is 5.97 Å². The minimum absolute atomic E-state index is 0.131. The zero-order valence-electron chi connectivity index (χ0n) is 9.98. The van der Waals surface area contributed by atoms with Crippen molar-refractivity contribution in [2.45, 2.75) is 39.2 Å². The molecule has 1 fully saturated rings. The lowest BCUT2D eigenvalue weighted by molar-refractivity contribution is 0.0694. The van der Waals surface area contributed by atoms with Gasteiger partial charge in [-0.15, -0.1) is 0 Å². The summed E-state index contributed by atoms with van der Waals surface area (Å²) >= 11 is 0. The highest BCUT2D eigenvalue weighted by atomic mass is 16.4. The lowest BCUT2D eigenvalue weighted by Crippen LogP contribution is -2.20. The number of hydrogen-bond acceptors (Lipinski definition) is 2. The molecule has 1 aromatic rings. The van der Waals surface area contributed by atoms with E-state index in [0.717, 1.165) is 12.2 Å². The van der Waals surface area contributed by atoms with E-state index in [1.807, 2.05) is 11.5 Å². The summed E-state index contributed by atoms with van der Waals surface area (Å²) in [6, 6.07) is 1.42. The predicted molar refractivity (Wildman–Crippen MR) is 64.4 cm³/mol. The van der Waals surface area contributed by atoms with Crippen molar-refractivity contribution in [1.29, 1.82) is 0 Å². The van der Waals surface area contributed by atoms with Crippen molar-refractivity contribution < 1.29 is 9.90 Å². The second-order valence-electron chi connectivity index (χ2n) is 4.80. The van der Waals surface area contributed by atoms with Crippen LogP contribution in [0.25, 0.3) is 0 Å². The molecule has 2 rings (SSSR count). The third-order valence-electron chi connectivity index (χ3n) is 3.50. The molecule has 0 amide bonds. The molecule has 0 aliphatic heterocycles. The van der Waals surface area contributed by atoms with Gasteiger partial charge >= 0.3 is 5.97 Å². The molecule has 0 saturated heterocycles. The molecule has 1 aliphatic rings. The summed E-state index contributed by atoms with van der Waals surface area (Å²) in [5.41, 5.74) is 0.304. The monoisotopic (exact) mass is 235 g/mol. The lowest BCUT2D eigenvalue weighted by atomic mass is 10.1. The SMILES string of the molecule is Cc1cc(=O)c(C(=O)O)cn1CC1CCCC1. The van der Waals surface area contributed by atoms with Crippen LogP contribution < -0.4 is 5.43 Å². The second kappa shape index (κ2) is 4.73. The third-order valence-corrected chi connectivity index (χ3v) is 3.50. The van der Waals surface area contributed by atoms with Crippen LogP contribution in [0.2, 0.25) is 0 Å². The molecule has 1 N–H and O–H groups in total. The molecule has 1 aromatic heterocycles. The van der Waals surface area contributed by atoms with Crippen molar-refractivity contribution in [2.75, 3.05) is 0 Å². The Hall–Kier alpha value is -1.58. The van der Waals surface area contributed by atoms with E-state index in [4.69, 9.17) is 5.11 Å². The van der Waals surface area contributed by atoms with Gasteiger partial charge in [-0.1, -0.05) is 12.8 Å². The molecule has 92 valence electrons. The van der Waals surface area contributed by atoms with Crippen LogP contribution >= 0.6 is 0 Å². The number of aromatic nitrogens is 1. The standard InChI is InChI=1S/C13H17NO3/c1-9-6-12(15)11(13(16)17)8-14(9)7-10-4-2-3-5-10/h6,8,10H,2-5,7H2,1H3,(H,16,17). The Morgan fingerprint density at radius 1 is 1.47 bits per heavy atom. The first-order valence-corrected chi connectivity index (χ1v) is 6.02. The highest BCUT2D eigenvalue weighted by Gasteiger charge is 2.17. The number of aryl methyl sites for hydroxylation is 1. The number of carboxylic acid groups (broad SMARTS) is 1. The molecule has 1 saturated carbocycles. The number of pyridine rings is 1. The van der Waals surface area contributed by atoms with E-state index in [-0.39, 0.29) is 5.56 Å². The van der Waals surface area contributed by atoms with E-state index >= 15 is 0 Å². The van der Waals surface area contributed by atoms with Gasteiger partial charge in [0, 0.05) is 24.5 Å². The van der Waals surface area contributed by atoms with Crippen molar-refractivity contribution in [2.24, 2.45) is 5.92 Å². The Morgan fingerprint density at radius 2 is 2.12 bits per heavy atom. The summed E-state index contributed by atoms with van der Waals surface area (Å²) in [5.74, 6) is -0.520. The van der Waals surface area contributed by atoms with Gasteiger partial charge in [0.15, 0.2) is 5.43 Å². The molecule has 4 heteroatoms. The van der Waals surface area contributed by atoms with Crippen LogP contribution in [0, 0.1) is 12.8 Å². The summed E-state index contributed by atoms with van der Waals surface area (Å²) in [7, 11) is 0. The highest BCUT2D eigenvalue weighted by Crippen LogP contribution is 2.26. The Morgan fingerprint density at radius 3 is 2.71 bits per heavy atom. The van der Waals surface area contributed by atoms with E-state index in [2.05, 4.69) is 0 Å². The molecule has 0 atom stereocenters. The maximum absolute atomic E-state index is 11.5. The zero-order valence-corrected chi connectivity index (χ0v) is 9.98. The van der Waals surface area contributed by atoms with Gasteiger partial charge in [0.1, 0.15) is 5.56 Å². The van der Waals surface area contributed by atoms with Crippen LogP contribution in [0.1, 0.15) is 41.7 Å². The Kier molecular flexibility index (Phi) is 3.31. The summed E-state index contributed by atoms with van der Waals surface area (Å²) in [6.45, 7) is 2.67. The van der Waals surface area contributed by atoms with Gasteiger partial charge in [-0.2, -0.15) is 0 Å². The molecule has 1 aliphatic carbocycles. The van der Waals surface area contributed by atoms with Gasteiger partial charge in [-0.3, -0.25) is 4.79 Å². The Balaban J connectivity index is 2.29.